The van der Waals surface area contributed by atoms with Gasteiger partial charge in [-0.1, -0.05) is 0 Å². The SMILES string of the molecule is CN1CCC(C2(CCl)COC2)CC1. The molecule has 0 amide bonds. The van der Waals surface area contributed by atoms with Crippen LogP contribution in [0.5, 0.6) is 0 Å². The third kappa shape index (κ3) is 1.72. The van der Waals surface area contributed by atoms with Crippen LogP contribution in [-0.2, 0) is 4.74 Å². The number of ether oxygens (including phenoxy) is 1. The predicted molar refractivity (Wildman–Crippen MR) is 54.2 cm³/mol. The molecule has 2 saturated heterocycles. The van der Waals surface area contributed by atoms with Crippen molar-refractivity contribution in [2.24, 2.45) is 11.3 Å². The first-order valence-corrected chi connectivity index (χ1v) is 5.62. The molecular weight excluding hydrogens is 186 g/mol. The van der Waals surface area contributed by atoms with Crippen LogP contribution in [-0.4, -0.2) is 44.1 Å². The monoisotopic (exact) mass is 203 g/mol. The van der Waals surface area contributed by atoms with E-state index in [2.05, 4.69) is 11.9 Å². The first-order valence-electron chi connectivity index (χ1n) is 5.09. The second-order valence-corrected chi connectivity index (χ2v) is 4.83. The van der Waals surface area contributed by atoms with E-state index in [4.69, 9.17) is 16.3 Å². The number of likely N-dealkylation sites (tertiary alicyclic amines) is 1. The molecule has 2 aliphatic rings. The number of halogens is 1. The number of rotatable bonds is 2. The molecule has 0 aromatic heterocycles. The zero-order valence-electron chi connectivity index (χ0n) is 8.26. The fraction of sp³-hybridized carbons (Fsp3) is 1.00. The van der Waals surface area contributed by atoms with Crippen LogP contribution in [0, 0.1) is 11.3 Å². The summed E-state index contributed by atoms with van der Waals surface area (Å²) in [7, 11) is 2.20. The molecule has 0 aliphatic carbocycles. The molecule has 76 valence electrons. The highest BCUT2D eigenvalue weighted by Crippen LogP contribution is 2.42. The Kier molecular flexibility index (Phi) is 2.82. The summed E-state index contributed by atoms with van der Waals surface area (Å²) < 4.78 is 5.31. The molecule has 0 aromatic rings. The van der Waals surface area contributed by atoms with Crippen LogP contribution in [0.4, 0.5) is 0 Å². The molecule has 0 N–H and O–H groups in total. The van der Waals surface area contributed by atoms with E-state index in [0.29, 0.717) is 5.41 Å². The normalized spacial score (nSPS) is 30.0. The third-order valence-electron chi connectivity index (χ3n) is 3.63. The predicted octanol–water partition coefficient (Wildman–Crippen LogP) is 1.58. The second-order valence-electron chi connectivity index (χ2n) is 4.57. The van der Waals surface area contributed by atoms with Gasteiger partial charge in [0.1, 0.15) is 0 Å². The molecule has 0 atom stereocenters. The topological polar surface area (TPSA) is 12.5 Å². The highest BCUT2D eigenvalue weighted by atomic mass is 35.5. The van der Waals surface area contributed by atoms with Crippen LogP contribution < -0.4 is 0 Å². The van der Waals surface area contributed by atoms with Crippen molar-refractivity contribution in [3.8, 4) is 0 Å². The lowest BCUT2D eigenvalue weighted by atomic mass is 9.71. The van der Waals surface area contributed by atoms with Gasteiger partial charge in [-0.15, -0.1) is 11.6 Å². The van der Waals surface area contributed by atoms with Crippen molar-refractivity contribution < 1.29 is 4.74 Å². The summed E-state index contributed by atoms with van der Waals surface area (Å²) >= 11 is 6.04. The molecule has 2 heterocycles. The van der Waals surface area contributed by atoms with Crippen LogP contribution in [0.25, 0.3) is 0 Å². The number of hydrogen-bond acceptors (Lipinski definition) is 2. The fourth-order valence-electron chi connectivity index (χ4n) is 2.41. The molecular formula is C10H18ClNO. The third-order valence-corrected chi connectivity index (χ3v) is 4.16. The molecule has 2 aliphatic heterocycles. The highest BCUT2D eigenvalue weighted by Gasteiger charge is 2.45. The van der Waals surface area contributed by atoms with Gasteiger partial charge in [-0.25, -0.2) is 0 Å². The van der Waals surface area contributed by atoms with Crippen molar-refractivity contribution >= 4 is 11.6 Å². The zero-order chi connectivity index (χ0) is 9.31. The quantitative estimate of drug-likeness (QED) is 0.632. The molecule has 2 nitrogen and oxygen atoms in total. The summed E-state index contributed by atoms with van der Waals surface area (Å²) in [4.78, 5) is 2.40. The number of alkyl halides is 1. The molecule has 0 radical (unpaired) electrons. The zero-order valence-corrected chi connectivity index (χ0v) is 9.02. The van der Waals surface area contributed by atoms with Gasteiger partial charge in [0, 0.05) is 11.3 Å². The van der Waals surface area contributed by atoms with Crippen LogP contribution in [0.15, 0.2) is 0 Å². The van der Waals surface area contributed by atoms with E-state index in [1.165, 1.54) is 25.9 Å². The van der Waals surface area contributed by atoms with E-state index in [-0.39, 0.29) is 0 Å². The van der Waals surface area contributed by atoms with E-state index in [1.54, 1.807) is 0 Å². The highest BCUT2D eigenvalue weighted by molar-refractivity contribution is 6.18. The summed E-state index contributed by atoms with van der Waals surface area (Å²) in [5, 5.41) is 0. The molecule has 0 unspecified atom stereocenters. The van der Waals surface area contributed by atoms with E-state index in [1.807, 2.05) is 0 Å². The Balaban J connectivity index is 1.92. The van der Waals surface area contributed by atoms with Crippen LogP contribution in [0.1, 0.15) is 12.8 Å². The van der Waals surface area contributed by atoms with Crippen LogP contribution in [0.2, 0.25) is 0 Å². The molecule has 0 spiro atoms. The minimum absolute atomic E-state index is 0.336. The van der Waals surface area contributed by atoms with Gasteiger partial charge >= 0.3 is 0 Å². The maximum Gasteiger partial charge on any atom is 0.0559 e. The molecule has 0 aromatic carbocycles. The van der Waals surface area contributed by atoms with Crippen molar-refractivity contribution in [2.75, 3.05) is 39.2 Å². The Morgan fingerprint density at radius 1 is 1.38 bits per heavy atom. The molecule has 0 saturated carbocycles. The van der Waals surface area contributed by atoms with Crippen molar-refractivity contribution in [2.45, 2.75) is 12.8 Å². The van der Waals surface area contributed by atoms with Gasteiger partial charge in [0.25, 0.3) is 0 Å². The maximum atomic E-state index is 6.04. The number of nitrogens with zero attached hydrogens (tertiary/aromatic N) is 1. The minimum Gasteiger partial charge on any atom is -0.380 e. The Morgan fingerprint density at radius 3 is 2.38 bits per heavy atom. The summed E-state index contributed by atoms with van der Waals surface area (Å²) in [6.07, 6.45) is 2.60. The summed E-state index contributed by atoms with van der Waals surface area (Å²) in [5.41, 5.74) is 0.336. The molecule has 3 heteroatoms. The lowest BCUT2D eigenvalue weighted by Crippen LogP contribution is -2.52. The van der Waals surface area contributed by atoms with Gasteiger partial charge in [-0.2, -0.15) is 0 Å². The minimum atomic E-state index is 0.336. The van der Waals surface area contributed by atoms with Gasteiger partial charge in [-0.3, -0.25) is 0 Å². The Hall–Kier alpha value is 0.210. The average Bonchev–Trinajstić information content (AvgIpc) is 2.07. The molecule has 2 rings (SSSR count). The lowest BCUT2D eigenvalue weighted by molar-refractivity contribution is -0.140. The van der Waals surface area contributed by atoms with E-state index in [9.17, 15) is 0 Å². The van der Waals surface area contributed by atoms with Gasteiger partial charge in [0.05, 0.1) is 13.2 Å². The Morgan fingerprint density at radius 2 is 2.00 bits per heavy atom. The first-order chi connectivity index (χ1) is 6.27. The van der Waals surface area contributed by atoms with Gasteiger partial charge in [0.15, 0.2) is 0 Å². The van der Waals surface area contributed by atoms with Crippen LogP contribution >= 0.6 is 11.6 Å². The summed E-state index contributed by atoms with van der Waals surface area (Å²) in [6, 6.07) is 0. The fourth-order valence-corrected chi connectivity index (χ4v) is 2.78. The average molecular weight is 204 g/mol. The van der Waals surface area contributed by atoms with Crippen molar-refractivity contribution in [3.63, 3.8) is 0 Å². The van der Waals surface area contributed by atoms with Gasteiger partial charge in [0.2, 0.25) is 0 Å². The Labute approximate surface area is 85.2 Å². The summed E-state index contributed by atoms with van der Waals surface area (Å²) in [5.74, 6) is 1.58. The maximum absolute atomic E-state index is 6.04. The lowest BCUT2D eigenvalue weighted by Gasteiger charge is -2.48. The second kappa shape index (κ2) is 3.76. The van der Waals surface area contributed by atoms with Gasteiger partial charge < -0.3 is 9.64 Å². The molecule has 0 bridgehead atoms. The van der Waals surface area contributed by atoms with E-state index in [0.717, 1.165) is 25.0 Å². The molecule has 2 fully saturated rings. The standard InChI is InChI=1S/C10H18ClNO/c1-12-4-2-9(3-5-12)10(6-11)7-13-8-10/h9H,2-8H2,1H3. The largest absolute Gasteiger partial charge is 0.380 e. The van der Waals surface area contributed by atoms with Crippen molar-refractivity contribution in [3.05, 3.63) is 0 Å². The van der Waals surface area contributed by atoms with Gasteiger partial charge in [-0.05, 0) is 38.9 Å². The van der Waals surface area contributed by atoms with Crippen LogP contribution in [0.3, 0.4) is 0 Å². The number of hydrogen-bond donors (Lipinski definition) is 0. The smallest absolute Gasteiger partial charge is 0.0559 e. The van der Waals surface area contributed by atoms with E-state index >= 15 is 0 Å². The van der Waals surface area contributed by atoms with E-state index < -0.39 is 0 Å². The molecule has 13 heavy (non-hydrogen) atoms. The van der Waals surface area contributed by atoms with Crippen molar-refractivity contribution in [1.29, 1.82) is 0 Å². The number of piperidine rings is 1. The Bertz CT molecular complexity index is 168. The first kappa shape index (κ1) is 9.75. The van der Waals surface area contributed by atoms with Crippen molar-refractivity contribution in [1.82, 2.24) is 4.90 Å². The summed E-state index contributed by atoms with van der Waals surface area (Å²) in [6.45, 7) is 4.24.